The van der Waals surface area contributed by atoms with Gasteiger partial charge in [-0.3, -0.25) is 15.0 Å². The van der Waals surface area contributed by atoms with Gasteiger partial charge in [0, 0.05) is 9.79 Å². The van der Waals surface area contributed by atoms with E-state index in [1.54, 1.807) is 23.9 Å². The maximum atomic E-state index is 13.9. The number of nitrogens with zero attached hydrogens (tertiary/aromatic N) is 2. The van der Waals surface area contributed by atoms with Gasteiger partial charge in [0.25, 0.3) is 11.8 Å². The molecule has 37 heavy (non-hydrogen) atoms. The molecule has 0 aliphatic carbocycles. The lowest BCUT2D eigenvalue weighted by Gasteiger charge is -2.35. The van der Waals surface area contributed by atoms with Crippen LogP contribution in [0.25, 0.3) is 0 Å². The molecule has 3 aromatic rings. The Morgan fingerprint density at radius 1 is 0.838 bits per heavy atom. The van der Waals surface area contributed by atoms with Crippen LogP contribution in [-0.2, 0) is 9.59 Å². The molecule has 0 radical (unpaired) electrons. The molecule has 1 aliphatic rings. The van der Waals surface area contributed by atoms with E-state index in [9.17, 15) is 14.7 Å². The Bertz CT molecular complexity index is 1160. The van der Waals surface area contributed by atoms with Crippen LogP contribution in [-0.4, -0.2) is 29.1 Å². The minimum absolute atomic E-state index is 0.0199. The highest BCUT2D eigenvalue weighted by molar-refractivity contribution is 7.99. The molecule has 7 heteroatoms. The number of amides is 2. The fraction of sp³-hybridized carbons (Fsp3) is 0.333. The number of rotatable bonds is 10. The van der Waals surface area contributed by atoms with E-state index in [1.165, 1.54) is 5.01 Å². The van der Waals surface area contributed by atoms with Crippen LogP contribution < -0.4 is 15.3 Å². The van der Waals surface area contributed by atoms with Crippen molar-refractivity contribution < 1.29 is 14.7 Å². The molecule has 0 atom stereocenters. The van der Waals surface area contributed by atoms with E-state index in [1.807, 2.05) is 85.5 Å². The summed E-state index contributed by atoms with van der Waals surface area (Å²) in [6.45, 7) is 4.08. The van der Waals surface area contributed by atoms with Gasteiger partial charge in [0.1, 0.15) is 12.1 Å². The fourth-order valence-electron chi connectivity index (χ4n) is 4.50. The third-order valence-corrected chi connectivity index (χ3v) is 7.74. The molecule has 0 saturated carbocycles. The normalized spacial score (nSPS) is 12.5. The number of carbonyl (C=O) groups is 2. The molecule has 6 nitrogen and oxygen atoms in total. The second-order valence-corrected chi connectivity index (χ2v) is 10.5. The highest BCUT2D eigenvalue weighted by atomic mass is 32.2. The first-order chi connectivity index (χ1) is 18.0. The number of hydrazine groups is 1. The number of hydrogen-bond donors (Lipinski definition) is 2. The zero-order valence-corrected chi connectivity index (χ0v) is 22.3. The molecule has 0 spiro atoms. The van der Waals surface area contributed by atoms with Crippen molar-refractivity contribution in [3.8, 4) is 0 Å². The number of aliphatic hydroxyl groups is 1. The average molecular weight is 518 g/mol. The lowest BCUT2D eigenvalue weighted by atomic mass is 9.90. The van der Waals surface area contributed by atoms with E-state index in [-0.39, 0.29) is 12.5 Å². The molecule has 1 aliphatic heterocycles. The number of hydrogen-bond acceptors (Lipinski definition) is 5. The van der Waals surface area contributed by atoms with Gasteiger partial charge >= 0.3 is 0 Å². The van der Waals surface area contributed by atoms with Crippen molar-refractivity contribution in [1.82, 2.24) is 5.43 Å². The third kappa shape index (κ3) is 6.17. The number of nitrogens with one attached hydrogen (secondary N) is 1. The fourth-order valence-corrected chi connectivity index (χ4v) is 5.60. The molecule has 2 N–H and O–H groups in total. The smallest absolute Gasteiger partial charge is 0.270 e. The summed E-state index contributed by atoms with van der Waals surface area (Å²) in [4.78, 5) is 31.5. The first-order valence-corrected chi connectivity index (χ1v) is 13.8. The van der Waals surface area contributed by atoms with Crippen molar-refractivity contribution >= 4 is 40.6 Å². The maximum absolute atomic E-state index is 13.9. The third-order valence-electron chi connectivity index (χ3n) is 6.61. The van der Waals surface area contributed by atoms with Crippen LogP contribution in [0.15, 0.2) is 88.7 Å². The monoisotopic (exact) mass is 517 g/mol. The van der Waals surface area contributed by atoms with Crippen molar-refractivity contribution in [1.29, 1.82) is 0 Å². The van der Waals surface area contributed by atoms with Gasteiger partial charge in [-0.25, -0.2) is 5.01 Å². The Morgan fingerprint density at radius 3 is 1.89 bits per heavy atom. The molecule has 4 rings (SSSR count). The van der Waals surface area contributed by atoms with Crippen molar-refractivity contribution in [2.75, 3.05) is 16.5 Å². The summed E-state index contributed by atoms with van der Waals surface area (Å²) < 4.78 is 0. The predicted molar refractivity (Wildman–Crippen MR) is 150 cm³/mol. The van der Waals surface area contributed by atoms with E-state index < -0.39 is 11.5 Å². The predicted octanol–water partition coefficient (Wildman–Crippen LogP) is 6.47. The van der Waals surface area contributed by atoms with Crippen LogP contribution in [0.1, 0.15) is 52.4 Å². The quantitative estimate of drug-likeness (QED) is 0.302. The van der Waals surface area contributed by atoms with Gasteiger partial charge in [0.2, 0.25) is 0 Å². The summed E-state index contributed by atoms with van der Waals surface area (Å²) in [5, 5.41) is 12.6. The number of para-hydroxylation sites is 3. The number of anilines is 3. The second-order valence-electron chi connectivity index (χ2n) is 9.37. The van der Waals surface area contributed by atoms with Gasteiger partial charge in [0.15, 0.2) is 0 Å². The average Bonchev–Trinajstić information content (AvgIpc) is 2.93. The lowest BCUT2D eigenvalue weighted by Crippen LogP contribution is -2.57. The van der Waals surface area contributed by atoms with Crippen LogP contribution in [0, 0.1) is 0 Å². The van der Waals surface area contributed by atoms with Crippen LogP contribution in [0.5, 0.6) is 0 Å². The highest BCUT2D eigenvalue weighted by Gasteiger charge is 2.37. The van der Waals surface area contributed by atoms with E-state index in [2.05, 4.69) is 5.43 Å². The van der Waals surface area contributed by atoms with Gasteiger partial charge in [-0.2, -0.15) is 0 Å². The zero-order valence-electron chi connectivity index (χ0n) is 21.5. The Hall–Kier alpha value is -3.29. The van der Waals surface area contributed by atoms with Crippen LogP contribution in [0.2, 0.25) is 0 Å². The minimum atomic E-state index is -1.53. The molecule has 0 aromatic heterocycles. The van der Waals surface area contributed by atoms with Gasteiger partial charge in [-0.15, -0.1) is 0 Å². The summed E-state index contributed by atoms with van der Waals surface area (Å²) in [5.74, 6) is -0.842. The Morgan fingerprint density at radius 2 is 1.35 bits per heavy atom. The van der Waals surface area contributed by atoms with Crippen molar-refractivity contribution in [2.24, 2.45) is 0 Å². The molecule has 3 aromatic carbocycles. The summed E-state index contributed by atoms with van der Waals surface area (Å²) in [6.07, 6.45) is 3.91. The molecule has 0 bridgehead atoms. The zero-order chi connectivity index (χ0) is 26.3. The molecule has 0 saturated heterocycles. The Kier molecular flexibility index (Phi) is 8.90. The van der Waals surface area contributed by atoms with Gasteiger partial charge in [-0.05, 0) is 49.2 Å². The summed E-state index contributed by atoms with van der Waals surface area (Å²) in [7, 11) is 0. The lowest BCUT2D eigenvalue weighted by molar-refractivity contribution is -0.143. The first-order valence-electron chi connectivity index (χ1n) is 13.0. The Labute approximate surface area is 223 Å². The van der Waals surface area contributed by atoms with Crippen LogP contribution in [0.3, 0.4) is 0 Å². The van der Waals surface area contributed by atoms with E-state index in [4.69, 9.17) is 0 Å². The summed E-state index contributed by atoms with van der Waals surface area (Å²) in [6, 6.07) is 25.1. The van der Waals surface area contributed by atoms with Crippen molar-refractivity contribution in [3.63, 3.8) is 0 Å². The largest absolute Gasteiger partial charge is 0.380 e. The summed E-state index contributed by atoms with van der Waals surface area (Å²) >= 11 is 1.68. The molecule has 0 fully saturated rings. The minimum Gasteiger partial charge on any atom is -0.380 e. The molecule has 0 unspecified atom stereocenters. The van der Waals surface area contributed by atoms with Crippen molar-refractivity contribution in [2.45, 2.75) is 67.8 Å². The first kappa shape index (κ1) is 26.8. The van der Waals surface area contributed by atoms with E-state index >= 15 is 0 Å². The number of fused-ring (bicyclic) bond motifs is 2. The van der Waals surface area contributed by atoms with E-state index in [0.29, 0.717) is 18.5 Å². The number of benzene rings is 3. The van der Waals surface area contributed by atoms with E-state index in [0.717, 1.165) is 46.8 Å². The molecule has 1 heterocycles. The molecular formula is C30H35N3O3S. The highest BCUT2D eigenvalue weighted by Crippen LogP contribution is 2.47. The SMILES string of the molecule is CCCCC(O)(CCCC)C(=O)NN(C(=O)CN1c2ccccc2Sc2ccccc21)c1ccccc1. The van der Waals surface area contributed by atoms with Crippen molar-refractivity contribution in [3.05, 3.63) is 78.9 Å². The molecular weight excluding hydrogens is 482 g/mol. The van der Waals surface area contributed by atoms with Gasteiger partial charge in [-0.1, -0.05) is 93.8 Å². The van der Waals surface area contributed by atoms with Crippen LogP contribution >= 0.6 is 11.8 Å². The second kappa shape index (κ2) is 12.3. The maximum Gasteiger partial charge on any atom is 0.270 e. The molecule has 2 amide bonds. The standard InChI is InChI=1S/C30H35N3O3S/c1-3-5-20-30(36,21-6-4-2)29(35)31-33(23-14-8-7-9-15-23)28(34)22-32-24-16-10-12-18-26(24)37-27-19-13-11-17-25(27)32/h7-19,36H,3-6,20-22H2,1-2H3,(H,31,35). The van der Waals surface area contributed by atoms with Crippen LogP contribution in [0.4, 0.5) is 17.1 Å². The Balaban J connectivity index is 1.64. The topological polar surface area (TPSA) is 72.9 Å². The van der Waals surface area contributed by atoms with Gasteiger partial charge in [0.05, 0.1) is 17.1 Å². The number of unbranched alkanes of at least 4 members (excludes halogenated alkanes) is 2. The summed E-state index contributed by atoms with van der Waals surface area (Å²) in [5.41, 5.74) is 3.70. The number of carbonyl (C=O) groups excluding carboxylic acids is 2. The van der Waals surface area contributed by atoms with Gasteiger partial charge < -0.3 is 10.0 Å². The molecule has 194 valence electrons.